The third kappa shape index (κ3) is 4.76. The van der Waals surface area contributed by atoms with Crippen LogP contribution >= 0.6 is 0 Å². The van der Waals surface area contributed by atoms with E-state index in [9.17, 15) is 13.2 Å². The maximum atomic E-state index is 12.9. The van der Waals surface area contributed by atoms with Crippen LogP contribution in [0.25, 0.3) is 0 Å². The van der Waals surface area contributed by atoms with Gasteiger partial charge in [0.25, 0.3) is 0 Å². The molecule has 1 heterocycles. The van der Waals surface area contributed by atoms with Crippen LogP contribution in [0.15, 0.2) is 23.1 Å². The molecule has 0 aromatic heterocycles. The third-order valence-corrected chi connectivity index (χ3v) is 7.23. The van der Waals surface area contributed by atoms with Crippen molar-refractivity contribution in [3.05, 3.63) is 29.3 Å². The molecule has 1 aliphatic heterocycles. The number of amides is 2. The van der Waals surface area contributed by atoms with Gasteiger partial charge in [0.2, 0.25) is 10.0 Å². The molecule has 2 amide bonds. The molecule has 0 unspecified atom stereocenters. The Morgan fingerprint density at radius 2 is 1.73 bits per heavy atom. The number of benzene rings is 1. The molecule has 1 aromatic carbocycles. The van der Waals surface area contributed by atoms with Gasteiger partial charge in [-0.05, 0) is 31.4 Å². The average Bonchev–Trinajstić information content (AvgIpc) is 2.62. The Kier molecular flexibility index (Phi) is 7.06. The van der Waals surface area contributed by atoms with Crippen molar-refractivity contribution in [3.8, 4) is 0 Å². The molecular formula is C19H31N3O3S. The van der Waals surface area contributed by atoms with E-state index in [0.29, 0.717) is 43.5 Å². The topological polar surface area (TPSA) is 69.7 Å². The second kappa shape index (κ2) is 8.86. The van der Waals surface area contributed by atoms with Crippen LogP contribution in [-0.2, 0) is 10.0 Å². The molecule has 7 heteroatoms. The number of hydrogen-bond acceptors (Lipinski definition) is 3. The molecule has 0 saturated carbocycles. The highest BCUT2D eigenvalue weighted by molar-refractivity contribution is 7.89. The van der Waals surface area contributed by atoms with Crippen molar-refractivity contribution in [1.29, 1.82) is 0 Å². The van der Waals surface area contributed by atoms with Crippen LogP contribution in [0, 0.1) is 19.8 Å². The number of nitrogens with one attached hydrogen (secondary N) is 1. The molecule has 2 rings (SSSR count). The predicted octanol–water partition coefficient (Wildman–Crippen LogP) is 2.76. The number of piperazine rings is 1. The van der Waals surface area contributed by atoms with Gasteiger partial charge in [0.1, 0.15) is 0 Å². The largest absolute Gasteiger partial charge is 0.338 e. The van der Waals surface area contributed by atoms with Crippen molar-refractivity contribution in [3.63, 3.8) is 0 Å². The lowest BCUT2D eigenvalue weighted by Crippen LogP contribution is -2.53. The quantitative estimate of drug-likeness (QED) is 0.824. The fourth-order valence-corrected chi connectivity index (χ4v) is 4.91. The van der Waals surface area contributed by atoms with Crippen molar-refractivity contribution < 1.29 is 13.2 Å². The molecule has 1 saturated heterocycles. The number of hydrogen-bond donors (Lipinski definition) is 1. The van der Waals surface area contributed by atoms with Crippen molar-refractivity contribution in [1.82, 2.24) is 14.5 Å². The monoisotopic (exact) mass is 381 g/mol. The molecule has 1 aromatic rings. The van der Waals surface area contributed by atoms with E-state index < -0.39 is 10.0 Å². The Hall–Kier alpha value is -1.60. The lowest BCUT2D eigenvalue weighted by atomic mass is 10.0. The summed E-state index contributed by atoms with van der Waals surface area (Å²) < 4.78 is 27.3. The second-order valence-electron chi connectivity index (χ2n) is 7.03. The van der Waals surface area contributed by atoms with Crippen molar-refractivity contribution in [2.75, 3.05) is 32.7 Å². The summed E-state index contributed by atoms with van der Waals surface area (Å²) >= 11 is 0. The number of urea groups is 1. The Morgan fingerprint density at radius 3 is 2.27 bits per heavy atom. The van der Waals surface area contributed by atoms with Crippen molar-refractivity contribution in [2.45, 2.75) is 45.4 Å². The molecule has 1 N–H and O–H groups in total. The molecule has 0 atom stereocenters. The molecule has 1 aliphatic rings. The number of carbonyl (C=O) groups excluding carboxylic acids is 1. The first-order valence-corrected chi connectivity index (χ1v) is 10.8. The fourth-order valence-electron chi connectivity index (χ4n) is 3.28. The minimum atomic E-state index is -3.52. The van der Waals surface area contributed by atoms with Gasteiger partial charge >= 0.3 is 6.03 Å². The molecular weight excluding hydrogens is 350 g/mol. The Bertz CT molecular complexity index is 722. The summed E-state index contributed by atoms with van der Waals surface area (Å²) in [5, 5.41) is 2.97. The zero-order valence-electron chi connectivity index (χ0n) is 16.3. The number of sulfonamides is 1. The number of carbonyl (C=O) groups is 1. The molecule has 146 valence electrons. The third-order valence-electron chi connectivity index (χ3n) is 5.17. The van der Waals surface area contributed by atoms with E-state index in [4.69, 9.17) is 0 Å². The Labute approximate surface area is 157 Å². The average molecular weight is 382 g/mol. The van der Waals surface area contributed by atoms with Gasteiger partial charge < -0.3 is 10.2 Å². The summed E-state index contributed by atoms with van der Waals surface area (Å²) in [5.41, 5.74) is 1.80. The van der Waals surface area contributed by atoms with Gasteiger partial charge in [0, 0.05) is 32.7 Å². The maximum Gasteiger partial charge on any atom is 0.317 e. The van der Waals surface area contributed by atoms with E-state index >= 15 is 0 Å². The van der Waals surface area contributed by atoms with E-state index in [1.807, 2.05) is 26.0 Å². The van der Waals surface area contributed by atoms with E-state index in [1.54, 1.807) is 11.0 Å². The highest BCUT2D eigenvalue weighted by Gasteiger charge is 2.31. The normalized spacial score (nSPS) is 16.1. The van der Waals surface area contributed by atoms with Gasteiger partial charge in [0.05, 0.1) is 4.90 Å². The van der Waals surface area contributed by atoms with Crippen LogP contribution < -0.4 is 5.32 Å². The number of rotatable bonds is 6. The van der Waals surface area contributed by atoms with Crippen LogP contribution in [-0.4, -0.2) is 56.4 Å². The first-order chi connectivity index (χ1) is 12.3. The highest BCUT2D eigenvalue weighted by atomic mass is 32.2. The summed E-state index contributed by atoms with van der Waals surface area (Å²) in [6.45, 7) is 10.2. The molecule has 0 spiro atoms. The number of nitrogens with zero attached hydrogens (tertiary/aromatic N) is 2. The van der Waals surface area contributed by atoms with E-state index in [1.165, 1.54) is 4.31 Å². The van der Waals surface area contributed by atoms with E-state index in [0.717, 1.165) is 24.0 Å². The fraction of sp³-hybridized carbons (Fsp3) is 0.632. The Balaban J connectivity index is 1.96. The predicted molar refractivity (Wildman–Crippen MR) is 104 cm³/mol. The summed E-state index contributed by atoms with van der Waals surface area (Å²) in [6.07, 6.45) is 2.08. The summed E-state index contributed by atoms with van der Waals surface area (Å²) in [4.78, 5) is 14.4. The highest BCUT2D eigenvalue weighted by Crippen LogP contribution is 2.22. The van der Waals surface area contributed by atoms with Crippen LogP contribution in [0.5, 0.6) is 0 Å². The first kappa shape index (κ1) is 20.7. The van der Waals surface area contributed by atoms with Gasteiger partial charge in [-0.3, -0.25) is 0 Å². The molecule has 6 nitrogen and oxygen atoms in total. The van der Waals surface area contributed by atoms with Gasteiger partial charge in [-0.25, -0.2) is 13.2 Å². The standard InChI is InChI=1S/C19H31N3O3S/c1-5-17(6-2)14-20-19(23)21-9-11-22(12-10-21)26(24,25)18-8-7-15(3)13-16(18)4/h7-8,13,17H,5-6,9-12,14H2,1-4H3,(H,20,23). The molecule has 0 radical (unpaired) electrons. The van der Waals surface area contributed by atoms with Crippen LogP contribution in [0.4, 0.5) is 4.79 Å². The molecule has 1 fully saturated rings. The summed E-state index contributed by atoms with van der Waals surface area (Å²) in [6, 6.07) is 5.28. The minimum Gasteiger partial charge on any atom is -0.338 e. The van der Waals surface area contributed by atoms with E-state index in [-0.39, 0.29) is 6.03 Å². The smallest absolute Gasteiger partial charge is 0.317 e. The number of aryl methyl sites for hydroxylation is 2. The van der Waals surface area contributed by atoms with Crippen LogP contribution in [0.3, 0.4) is 0 Å². The molecule has 26 heavy (non-hydrogen) atoms. The van der Waals surface area contributed by atoms with Gasteiger partial charge in [-0.1, -0.05) is 44.4 Å². The SMILES string of the molecule is CCC(CC)CNC(=O)N1CCN(S(=O)(=O)c2ccc(C)cc2C)CC1. The second-order valence-corrected chi connectivity index (χ2v) is 8.94. The Morgan fingerprint density at radius 1 is 1.12 bits per heavy atom. The molecule has 0 bridgehead atoms. The van der Waals surface area contributed by atoms with Crippen LogP contribution in [0.1, 0.15) is 37.8 Å². The molecule has 0 aliphatic carbocycles. The zero-order chi connectivity index (χ0) is 19.3. The van der Waals surface area contributed by atoms with Crippen molar-refractivity contribution >= 4 is 16.1 Å². The van der Waals surface area contributed by atoms with Crippen LogP contribution in [0.2, 0.25) is 0 Å². The summed E-state index contributed by atoms with van der Waals surface area (Å²) in [5.74, 6) is 0.491. The van der Waals surface area contributed by atoms with Gasteiger partial charge in [0.15, 0.2) is 0 Å². The van der Waals surface area contributed by atoms with Gasteiger partial charge in [-0.2, -0.15) is 4.31 Å². The lowest BCUT2D eigenvalue weighted by Gasteiger charge is -2.34. The minimum absolute atomic E-state index is 0.0968. The van der Waals surface area contributed by atoms with Gasteiger partial charge in [-0.15, -0.1) is 0 Å². The zero-order valence-corrected chi connectivity index (χ0v) is 17.1. The first-order valence-electron chi connectivity index (χ1n) is 9.39. The lowest BCUT2D eigenvalue weighted by molar-refractivity contribution is 0.170. The van der Waals surface area contributed by atoms with E-state index in [2.05, 4.69) is 19.2 Å². The van der Waals surface area contributed by atoms with Crippen molar-refractivity contribution in [2.24, 2.45) is 5.92 Å². The summed E-state index contributed by atoms with van der Waals surface area (Å²) in [7, 11) is -3.52. The maximum absolute atomic E-state index is 12.9.